The van der Waals surface area contributed by atoms with E-state index in [1.807, 2.05) is 39.8 Å². The predicted octanol–water partition coefficient (Wildman–Crippen LogP) is 3.27. The van der Waals surface area contributed by atoms with Gasteiger partial charge in [-0.25, -0.2) is 4.79 Å². The van der Waals surface area contributed by atoms with Crippen LogP contribution in [0.25, 0.3) is 0 Å². The molecule has 2 heterocycles. The number of rotatable bonds is 8. The third kappa shape index (κ3) is 5.77. The summed E-state index contributed by atoms with van der Waals surface area (Å²) in [7, 11) is -4.17. The lowest BCUT2D eigenvalue weighted by atomic mass is 9.89. The van der Waals surface area contributed by atoms with Crippen molar-refractivity contribution in [1.82, 2.24) is 9.55 Å². The highest BCUT2D eigenvalue weighted by Gasteiger charge is 2.38. The van der Waals surface area contributed by atoms with Gasteiger partial charge in [0.1, 0.15) is 17.2 Å². The molecule has 0 saturated carbocycles. The van der Waals surface area contributed by atoms with Gasteiger partial charge in [0.2, 0.25) is 0 Å². The molecule has 1 aliphatic heterocycles. The van der Waals surface area contributed by atoms with Gasteiger partial charge in [0.15, 0.2) is 0 Å². The Balaban J connectivity index is 1.88. The second-order valence-corrected chi connectivity index (χ2v) is 11.7. The van der Waals surface area contributed by atoms with Crippen LogP contribution in [-0.2, 0) is 19.0 Å². The van der Waals surface area contributed by atoms with E-state index >= 15 is 0 Å². The number of aliphatic hydroxyl groups is 1. The van der Waals surface area contributed by atoms with Crippen molar-refractivity contribution in [1.29, 1.82) is 0 Å². The van der Waals surface area contributed by atoms with Crippen molar-refractivity contribution in [2.24, 2.45) is 0 Å². The van der Waals surface area contributed by atoms with Crippen LogP contribution in [0, 0.1) is 6.92 Å². The molecular formula is C25H36N2O7S. The van der Waals surface area contributed by atoms with E-state index in [0.717, 1.165) is 5.56 Å². The van der Waals surface area contributed by atoms with E-state index in [1.54, 1.807) is 6.92 Å². The lowest BCUT2D eigenvalue weighted by Gasteiger charge is -2.23. The number of aromatic nitrogens is 2. The summed E-state index contributed by atoms with van der Waals surface area (Å²) in [5.74, 6) is 0.141. The molecule has 0 radical (unpaired) electrons. The van der Waals surface area contributed by atoms with Gasteiger partial charge in [-0.15, -0.1) is 0 Å². The number of hydrogen-bond donors (Lipinski definition) is 2. The predicted molar refractivity (Wildman–Crippen MR) is 132 cm³/mol. The van der Waals surface area contributed by atoms with Crippen molar-refractivity contribution in [2.45, 2.75) is 96.0 Å². The molecule has 194 valence electrons. The first kappa shape index (κ1) is 27.3. The molecule has 3 unspecified atom stereocenters. The number of aromatic amines is 1. The van der Waals surface area contributed by atoms with E-state index in [1.165, 1.54) is 10.8 Å². The summed E-state index contributed by atoms with van der Waals surface area (Å²) < 4.78 is 39.3. The fourth-order valence-electron chi connectivity index (χ4n) is 4.23. The Hall–Kier alpha value is -2.27. The Labute approximate surface area is 206 Å². The van der Waals surface area contributed by atoms with Crippen molar-refractivity contribution in [3.8, 4) is 0 Å². The van der Waals surface area contributed by atoms with Crippen LogP contribution >= 0.6 is 0 Å². The summed E-state index contributed by atoms with van der Waals surface area (Å²) in [6.45, 7) is 13.1. The maximum Gasteiger partial charge on any atom is 0.330 e. The van der Waals surface area contributed by atoms with Crippen molar-refractivity contribution >= 4 is 10.1 Å². The molecule has 0 amide bonds. The molecule has 9 nitrogen and oxygen atoms in total. The number of ether oxygens (including phenoxy) is 1. The Kier molecular flexibility index (Phi) is 8.10. The van der Waals surface area contributed by atoms with Crippen molar-refractivity contribution in [3.05, 3.63) is 61.4 Å². The summed E-state index contributed by atoms with van der Waals surface area (Å²) in [5, 5.41) is 10.5. The first-order valence-corrected chi connectivity index (χ1v) is 13.4. The van der Waals surface area contributed by atoms with Gasteiger partial charge in [-0.05, 0) is 41.4 Å². The SMILES string of the molecule is Cc1cn(C2CC(O)C(COS(=O)(=O)c3c(C(C)C)cc(C(C)C)cc3C(C)C)O2)c(=O)[nH]c1=O. The average molecular weight is 509 g/mol. The summed E-state index contributed by atoms with van der Waals surface area (Å²) >= 11 is 0. The molecule has 0 bridgehead atoms. The number of aryl methyl sites for hydroxylation is 1. The summed E-state index contributed by atoms with van der Waals surface area (Å²) in [5.41, 5.74) is 1.61. The molecule has 2 N–H and O–H groups in total. The van der Waals surface area contributed by atoms with Crippen LogP contribution in [-0.4, -0.2) is 41.9 Å². The standard InChI is InChI=1S/C25H36N2O7S/c1-13(2)17-8-18(14(3)4)23(19(9-17)15(5)6)35(31,32)33-12-21-20(28)10-22(34-21)27-11-16(7)24(29)26-25(27)30/h8-9,11,13-15,20-22,28H,10,12H2,1-7H3,(H,26,29,30). The van der Waals surface area contributed by atoms with Crippen LogP contribution in [0.5, 0.6) is 0 Å². The molecule has 35 heavy (non-hydrogen) atoms. The molecule has 1 fully saturated rings. The molecule has 3 rings (SSSR count). The molecule has 1 saturated heterocycles. The Morgan fingerprint density at radius 1 is 1.09 bits per heavy atom. The smallest absolute Gasteiger partial charge is 0.330 e. The number of benzene rings is 1. The Bertz CT molecular complexity index is 1260. The van der Waals surface area contributed by atoms with Crippen LogP contribution in [0.3, 0.4) is 0 Å². The van der Waals surface area contributed by atoms with Crippen molar-refractivity contribution in [3.63, 3.8) is 0 Å². The number of nitrogens with one attached hydrogen (secondary N) is 1. The van der Waals surface area contributed by atoms with Crippen LogP contribution in [0.1, 0.15) is 94.2 Å². The van der Waals surface area contributed by atoms with Gasteiger partial charge in [-0.2, -0.15) is 8.42 Å². The van der Waals surface area contributed by atoms with E-state index in [0.29, 0.717) is 16.7 Å². The van der Waals surface area contributed by atoms with Gasteiger partial charge in [0, 0.05) is 18.2 Å². The largest absolute Gasteiger partial charge is 0.390 e. The van der Waals surface area contributed by atoms with E-state index in [9.17, 15) is 23.1 Å². The normalized spacial score (nSPS) is 20.9. The topological polar surface area (TPSA) is 128 Å². The van der Waals surface area contributed by atoms with E-state index in [2.05, 4.69) is 18.8 Å². The fraction of sp³-hybridized carbons (Fsp3) is 0.600. The monoisotopic (exact) mass is 508 g/mol. The molecular weight excluding hydrogens is 472 g/mol. The van der Waals surface area contributed by atoms with Gasteiger partial charge >= 0.3 is 5.69 Å². The van der Waals surface area contributed by atoms with Gasteiger partial charge in [0.05, 0.1) is 12.7 Å². The number of hydrogen-bond acceptors (Lipinski definition) is 7. The quantitative estimate of drug-likeness (QED) is 0.524. The van der Waals surface area contributed by atoms with Gasteiger partial charge in [-0.1, -0.05) is 53.7 Å². The second kappa shape index (κ2) is 10.4. The summed E-state index contributed by atoms with van der Waals surface area (Å²) in [6, 6.07) is 3.86. The Morgan fingerprint density at radius 3 is 2.17 bits per heavy atom. The van der Waals surface area contributed by atoms with Gasteiger partial charge in [-0.3, -0.25) is 18.5 Å². The highest BCUT2D eigenvalue weighted by Crippen LogP contribution is 2.36. The minimum absolute atomic E-state index is 0.0485. The van der Waals surface area contributed by atoms with Crippen molar-refractivity contribution in [2.75, 3.05) is 6.61 Å². The molecule has 1 aromatic heterocycles. The van der Waals surface area contributed by atoms with E-state index in [4.69, 9.17) is 8.92 Å². The molecule has 0 spiro atoms. The highest BCUT2D eigenvalue weighted by molar-refractivity contribution is 7.86. The third-order valence-corrected chi connectivity index (χ3v) is 7.79. The third-order valence-electron chi connectivity index (χ3n) is 6.38. The molecule has 10 heteroatoms. The zero-order valence-corrected chi connectivity index (χ0v) is 22.2. The van der Waals surface area contributed by atoms with Gasteiger partial charge in [0.25, 0.3) is 15.7 Å². The average Bonchev–Trinajstić information content (AvgIpc) is 3.13. The minimum Gasteiger partial charge on any atom is -0.390 e. The van der Waals surface area contributed by atoms with E-state index in [-0.39, 0.29) is 29.1 Å². The molecule has 2 aromatic rings. The van der Waals surface area contributed by atoms with Crippen molar-refractivity contribution < 1.29 is 22.4 Å². The minimum atomic E-state index is -4.17. The molecule has 3 atom stereocenters. The first-order chi connectivity index (χ1) is 16.2. The summed E-state index contributed by atoms with van der Waals surface area (Å²) in [6.07, 6.45) is -1.46. The zero-order valence-electron chi connectivity index (χ0n) is 21.4. The van der Waals surface area contributed by atoms with E-state index < -0.39 is 46.4 Å². The van der Waals surface area contributed by atoms with Gasteiger partial charge < -0.3 is 9.84 Å². The fourth-order valence-corrected chi connectivity index (χ4v) is 5.83. The second-order valence-electron chi connectivity index (χ2n) is 10.1. The van der Waals surface area contributed by atoms with Crippen LogP contribution in [0.2, 0.25) is 0 Å². The maximum atomic E-state index is 13.5. The maximum absolute atomic E-state index is 13.5. The van der Waals surface area contributed by atoms with Crippen LogP contribution in [0.4, 0.5) is 0 Å². The molecule has 1 aromatic carbocycles. The van der Waals surface area contributed by atoms with Crippen LogP contribution in [0.15, 0.2) is 32.8 Å². The first-order valence-electron chi connectivity index (χ1n) is 12.0. The summed E-state index contributed by atoms with van der Waals surface area (Å²) in [4.78, 5) is 26.2. The number of nitrogens with zero attached hydrogens (tertiary/aromatic N) is 1. The lowest BCUT2D eigenvalue weighted by Crippen LogP contribution is -2.33. The number of aliphatic hydroxyl groups excluding tert-OH is 1. The number of H-pyrrole nitrogens is 1. The highest BCUT2D eigenvalue weighted by atomic mass is 32.2. The lowest BCUT2D eigenvalue weighted by molar-refractivity contribution is -0.0400. The van der Waals surface area contributed by atoms with Crippen LogP contribution < -0.4 is 11.2 Å². The Morgan fingerprint density at radius 2 is 1.66 bits per heavy atom. The zero-order chi connectivity index (χ0) is 26.2. The molecule has 0 aliphatic carbocycles. The molecule has 1 aliphatic rings.